The quantitative estimate of drug-likeness (QED) is 0.654. The molecule has 0 atom stereocenters. The van der Waals surface area contributed by atoms with Gasteiger partial charge in [0.25, 0.3) is 0 Å². The van der Waals surface area contributed by atoms with Crippen molar-refractivity contribution in [1.29, 1.82) is 0 Å². The van der Waals surface area contributed by atoms with Gasteiger partial charge in [0.1, 0.15) is 0 Å². The van der Waals surface area contributed by atoms with Gasteiger partial charge >= 0.3 is 5.97 Å². The number of hydrogen-bond acceptors (Lipinski definition) is 2. The predicted octanol–water partition coefficient (Wildman–Crippen LogP) is 3.02. The van der Waals surface area contributed by atoms with Crippen LogP contribution in [0.15, 0.2) is 18.2 Å². The highest BCUT2D eigenvalue weighted by molar-refractivity contribution is 5.95. The lowest BCUT2D eigenvalue weighted by molar-refractivity contribution is -0.117. The van der Waals surface area contributed by atoms with Crippen LogP contribution >= 0.6 is 0 Å². The molecule has 0 radical (unpaired) electrons. The number of fused-ring (bicyclic) bond motifs is 1. The highest BCUT2D eigenvalue weighted by Gasteiger charge is 2.14. The normalized spacial score (nSPS) is 11.0. The first kappa shape index (κ1) is 16.1. The Kier molecular flexibility index (Phi) is 5.20. The fraction of sp³-hybridized carbons (Fsp3) is 0.412. The number of amides is 1. The van der Waals surface area contributed by atoms with Crippen molar-refractivity contribution in [1.82, 2.24) is 4.98 Å². The SMILES string of the molecule is CCCCCc1[nH]c2cc(C(=O)O)ccc2c1CCC(N)=O. The molecular weight excluding hydrogens is 280 g/mol. The molecule has 118 valence electrons. The van der Waals surface area contributed by atoms with E-state index in [1.54, 1.807) is 12.1 Å². The Labute approximate surface area is 129 Å². The number of primary amides is 1. The molecule has 22 heavy (non-hydrogen) atoms. The number of nitrogens with one attached hydrogen (secondary N) is 1. The second-order valence-corrected chi connectivity index (χ2v) is 5.57. The number of nitrogens with two attached hydrogens (primary N) is 1. The molecule has 0 saturated carbocycles. The van der Waals surface area contributed by atoms with Gasteiger partial charge in [0.05, 0.1) is 5.56 Å². The zero-order valence-electron chi connectivity index (χ0n) is 12.8. The van der Waals surface area contributed by atoms with Crippen molar-refractivity contribution in [2.75, 3.05) is 0 Å². The first-order chi connectivity index (χ1) is 10.5. The Morgan fingerprint density at radius 3 is 2.64 bits per heavy atom. The average molecular weight is 302 g/mol. The molecule has 0 saturated heterocycles. The molecule has 0 aliphatic heterocycles. The number of aromatic carboxylic acids is 1. The minimum absolute atomic E-state index is 0.260. The van der Waals surface area contributed by atoms with Crippen molar-refractivity contribution in [2.24, 2.45) is 5.73 Å². The number of carbonyl (C=O) groups excluding carboxylic acids is 1. The molecule has 1 aromatic carbocycles. The van der Waals surface area contributed by atoms with Gasteiger partial charge in [-0.05, 0) is 37.0 Å². The van der Waals surface area contributed by atoms with E-state index >= 15 is 0 Å². The summed E-state index contributed by atoms with van der Waals surface area (Å²) in [5.74, 6) is -1.27. The molecule has 1 aromatic heterocycles. The number of H-pyrrole nitrogens is 1. The lowest BCUT2D eigenvalue weighted by Crippen LogP contribution is -2.11. The van der Waals surface area contributed by atoms with Crippen LogP contribution in [0.1, 0.15) is 54.2 Å². The topological polar surface area (TPSA) is 96.2 Å². The number of aromatic nitrogens is 1. The highest BCUT2D eigenvalue weighted by Crippen LogP contribution is 2.26. The lowest BCUT2D eigenvalue weighted by Gasteiger charge is -2.04. The Morgan fingerprint density at radius 1 is 1.23 bits per heavy atom. The largest absolute Gasteiger partial charge is 0.478 e. The number of hydrogen-bond donors (Lipinski definition) is 3. The molecule has 0 aliphatic carbocycles. The number of benzene rings is 1. The van der Waals surface area contributed by atoms with Gasteiger partial charge < -0.3 is 15.8 Å². The second-order valence-electron chi connectivity index (χ2n) is 5.57. The number of aromatic amines is 1. The molecule has 4 N–H and O–H groups in total. The fourth-order valence-corrected chi connectivity index (χ4v) is 2.74. The van der Waals surface area contributed by atoms with Crippen molar-refractivity contribution in [3.05, 3.63) is 35.0 Å². The first-order valence-electron chi connectivity index (χ1n) is 7.68. The van der Waals surface area contributed by atoms with Crippen molar-refractivity contribution in [3.8, 4) is 0 Å². The second kappa shape index (κ2) is 7.11. The fourth-order valence-electron chi connectivity index (χ4n) is 2.74. The van der Waals surface area contributed by atoms with Crippen LogP contribution < -0.4 is 5.73 Å². The predicted molar refractivity (Wildman–Crippen MR) is 86.0 cm³/mol. The zero-order chi connectivity index (χ0) is 16.1. The molecule has 5 heteroatoms. The number of carboxylic acids is 1. The number of carbonyl (C=O) groups is 2. The molecule has 0 bridgehead atoms. The molecule has 0 aliphatic rings. The van der Waals surface area contributed by atoms with Crippen molar-refractivity contribution in [2.45, 2.75) is 45.4 Å². The summed E-state index contributed by atoms with van der Waals surface area (Å²) in [5.41, 5.74) is 8.51. The monoisotopic (exact) mass is 302 g/mol. The zero-order valence-corrected chi connectivity index (χ0v) is 12.8. The number of carboxylic acid groups (broad SMARTS) is 1. The minimum atomic E-state index is -0.942. The van der Waals surface area contributed by atoms with E-state index in [0.29, 0.717) is 12.8 Å². The Morgan fingerprint density at radius 2 is 2.00 bits per heavy atom. The number of rotatable bonds is 8. The van der Waals surface area contributed by atoms with E-state index in [4.69, 9.17) is 10.8 Å². The summed E-state index contributed by atoms with van der Waals surface area (Å²) in [7, 11) is 0. The summed E-state index contributed by atoms with van der Waals surface area (Å²) in [6.45, 7) is 2.15. The van der Waals surface area contributed by atoms with E-state index in [0.717, 1.165) is 47.8 Å². The number of unbranched alkanes of at least 4 members (excludes halogenated alkanes) is 2. The van der Waals surface area contributed by atoms with Crippen LogP contribution in [0, 0.1) is 0 Å². The summed E-state index contributed by atoms with van der Waals surface area (Å²) in [5, 5.41) is 10.1. The van der Waals surface area contributed by atoms with Crippen LogP contribution in [0.5, 0.6) is 0 Å². The van der Waals surface area contributed by atoms with Crippen molar-refractivity contribution >= 4 is 22.8 Å². The Balaban J connectivity index is 2.38. The van der Waals surface area contributed by atoms with Crippen LogP contribution in [-0.2, 0) is 17.6 Å². The molecule has 0 fully saturated rings. The molecule has 2 aromatic rings. The maximum absolute atomic E-state index is 11.1. The van der Waals surface area contributed by atoms with Crippen LogP contribution in [0.2, 0.25) is 0 Å². The van der Waals surface area contributed by atoms with E-state index in [2.05, 4.69) is 11.9 Å². The van der Waals surface area contributed by atoms with E-state index in [-0.39, 0.29) is 11.5 Å². The summed E-state index contributed by atoms with van der Waals surface area (Å²) < 4.78 is 0. The van der Waals surface area contributed by atoms with Gasteiger partial charge in [0.15, 0.2) is 0 Å². The van der Waals surface area contributed by atoms with Gasteiger partial charge in [-0.25, -0.2) is 4.79 Å². The molecule has 0 unspecified atom stereocenters. The van der Waals surface area contributed by atoms with Crippen LogP contribution in [-0.4, -0.2) is 22.0 Å². The molecule has 5 nitrogen and oxygen atoms in total. The maximum atomic E-state index is 11.1. The van der Waals surface area contributed by atoms with Gasteiger partial charge in [-0.1, -0.05) is 25.8 Å². The van der Waals surface area contributed by atoms with E-state index in [1.165, 1.54) is 0 Å². The van der Waals surface area contributed by atoms with Gasteiger partial charge in [0, 0.05) is 23.0 Å². The summed E-state index contributed by atoms with van der Waals surface area (Å²) >= 11 is 0. The van der Waals surface area contributed by atoms with Crippen LogP contribution in [0.4, 0.5) is 0 Å². The summed E-state index contributed by atoms with van der Waals surface area (Å²) in [4.78, 5) is 25.5. The molecule has 1 amide bonds. The van der Waals surface area contributed by atoms with Crippen LogP contribution in [0.3, 0.4) is 0 Å². The average Bonchev–Trinajstić information content (AvgIpc) is 2.82. The number of aryl methyl sites for hydroxylation is 2. The van der Waals surface area contributed by atoms with Gasteiger partial charge in [-0.3, -0.25) is 4.79 Å². The smallest absolute Gasteiger partial charge is 0.335 e. The van der Waals surface area contributed by atoms with E-state index in [9.17, 15) is 9.59 Å². The maximum Gasteiger partial charge on any atom is 0.335 e. The summed E-state index contributed by atoms with van der Waals surface area (Å²) in [6, 6.07) is 5.06. The van der Waals surface area contributed by atoms with Gasteiger partial charge in [0.2, 0.25) is 5.91 Å². The minimum Gasteiger partial charge on any atom is -0.478 e. The van der Waals surface area contributed by atoms with Crippen molar-refractivity contribution in [3.63, 3.8) is 0 Å². The van der Waals surface area contributed by atoms with Crippen molar-refractivity contribution < 1.29 is 14.7 Å². The lowest BCUT2D eigenvalue weighted by atomic mass is 10.0. The third kappa shape index (κ3) is 3.67. The van der Waals surface area contributed by atoms with E-state index < -0.39 is 5.97 Å². The molecular formula is C17H22N2O3. The molecule has 0 spiro atoms. The van der Waals surface area contributed by atoms with E-state index in [1.807, 2.05) is 6.07 Å². The molecule has 1 heterocycles. The summed E-state index contributed by atoms with van der Waals surface area (Å²) in [6.07, 6.45) is 5.14. The van der Waals surface area contributed by atoms with Gasteiger partial charge in [-0.2, -0.15) is 0 Å². The Hall–Kier alpha value is -2.30. The van der Waals surface area contributed by atoms with Crippen LogP contribution in [0.25, 0.3) is 10.9 Å². The third-order valence-corrected chi connectivity index (χ3v) is 3.89. The third-order valence-electron chi connectivity index (χ3n) is 3.89. The van der Waals surface area contributed by atoms with Gasteiger partial charge in [-0.15, -0.1) is 0 Å². The first-order valence-corrected chi connectivity index (χ1v) is 7.68. The highest BCUT2D eigenvalue weighted by atomic mass is 16.4. The standard InChI is InChI=1S/C17H22N2O3/c1-2-3-4-5-14-12(8-9-16(18)20)13-7-6-11(17(21)22)10-15(13)19-14/h6-7,10,19H,2-5,8-9H2,1H3,(H2,18,20)(H,21,22). The Bertz CT molecular complexity index is 689. The molecule has 2 rings (SSSR count).